The predicted octanol–water partition coefficient (Wildman–Crippen LogP) is 6.72. The maximum atomic E-state index is 13.5. The first-order valence-corrected chi connectivity index (χ1v) is 7.63. The van der Waals surface area contributed by atoms with Crippen molar-refractivity contribution in [1.29, 1.82) is 0 Å². The zero-order valence-corrected chi connectivity index (χ0v) is 15.9. The molecule has 0 aliphatic carbocycles. The van der Waals surface area contributed by atoms with Gasteiger partial charge in [-0.05, 0) is 0 Å². The molecule has 20 heteroatoms. The molecular weight excluding hydrogens is 686 g/mol. The first-order chi connectivity index (χ1) is 11.7. The van der Waals surface area contributed by atoms with E-state index in [0.717, 1.165) is 0 Å². The molecule has 0 amide bonds. The zero-order chi connectivity index (χ0) is 23.4. The van der Waals surface area contributed by atoms with Gasteiger partial charge in [0.15, 0.2) is 0 Å². The van der Waals surface area contributed by atoms with Crippen LogP contribution in [0.15, 0.2) is 0 Å². The van der Waals surface area contributed by atoms with Crippen molar-refractivity contribution in [3.8, 4) is 0 Å². The SMILES string of the molecule is FC(F)(F)C(F)(OC(F)(F)C(F)(F)C(F)(F)I)C(F)(F)OC(F)(F)C(F)(F)I. The Bertz CT molecular complexity index is 562. The number of ether oxygens (including phenoxy) is 2. The van der Waals surface area contributed by atoms with E-state index in [-0.39, 0.29) is 0 Å². The Hall–Kier alpha value is 0.260. The third kappa shape index (κ3) is 5.11. The first-order valence-electron chi connectivity index (χ1n) is 5.47. The fourth-order valence-electron chi connectivity index (χ4n) is 0.972. The van der Waals surface area contributed by atoms with Gasteiger partial charge in [-0.2, -0.15) is 70.2 Å². The lowest BCUT2D eigenvalue weighted by Gasteiger charge is -2.39. The molecule has 0 heterocycles. The van der Waals surface area contributed by atoms with Gasteiger partial charge in [-0.3, -0.25) is 4.74 Å². The van der Waals surface area contributed by atoms with Gasteiger partial charge < -0.3 is 0 Å². The lowest BCUT2D eigenvalue weighted by molar-refractivity contribution is -0.548. The Morgan fingerprint density at radius 2 is 0.786 bits per heavy atom. The minimum absolute atomic E-state index is 0.694. The molecule has 0 radical (unpaired) electrons. The van der Waals surface area contributed by atoms with Crippen molar-refractivity contribution in [2.45, 2.75) is 44.1 Å². The minimum Gasteiger partial charge on any atom is -0.262 e. The molecule has 0 aromatic heterocycles. The highest BCUT2D eigenvalue weighted by atomic mass is 127. The van der Waals surface area contributed by atoms with Crippen LogP contribution in [-0.4, -0.2) is 44.1 Å². The van der Waals surface area contributed by atoms with Gasteiger partial charge in [-0.25, -0.2) is 4.74 Å². The highest BCUT2D eigenvalue weighted by Gasteiger charge is 2.84. The second kappa shape index (κ2) is 7.44. The molecule has 170 valence electrons. The summed E-state index contributed by atoms with van der Waals surface area (Å²) in [6.45, 7) is 0. The van der Waals surface area contributed by atoms with Crippen LogP contribution in [0.25, 0.3) is 0 Å². The van der Waals surface area contributed by atoms with Gasteiger partial charge in [0, 0.05) is 45.2 Å². The van der Waals surface area contributed by atoms with E-state index >= 15 is 0 Å². The molecule has 0 aromatic rings. The maximum absolute atomic E-state index is 13.5. The van der Waals surface area contributed by atoms with Crippen molar-refractivity contribution in [2.24, 2.45) is 0 Å². The molecule has 28 heavy (non-hydrogen) atoms. The fourth-order valence-corrected chi connectivity index (χ4v) is 1.40. The Morgan fingerprint density at radius 1 is 0.429 bits per heavy atom. The molecule has 0 aliphatic rings. The van der Waals surface area contributed by atoms with Gasteiger partial charge in [-0.15, -0.1) is 0 Å². The molecule has 0 aliphatic heterocycles. The van der Waals surface area contributed by atoms with Gasteiger partial charge >= 0.3 is 44.1 Å². The van der Waals surface area contributed by atoms with E-state index in [9.17, 15) is 70.2 Å². The summed E-state index contributed by atoms with van der Waals surface area (Å²) >= 11 is -1.51. The van der Waals surface area contributed by atoms with E-state index in [2.05, 4.69) is 0 Å². The molecule has 0 saturated carbocycles. The number of alkyl halides is 18. The fraction of sp³-hybridized carbons (Fsp3) is 1.00. The normalized spacial score (nSPS) is 18.2. The van der Waals surface area contributed by atoms with Crippen LogP contribution in [-0.2, 0) is 9.47 Å². The van der Waals surface area contributed by atoms with Crippen LogP contribution in [0, 0.1) is 0 Å². The largest absolute Gasteiger partial charge is 0.458 e. The second-order valence-corrected chi connectivity index (χ2v) is 7.13. The third-order valence-electron chi connectivity index (χ3n) is 2.32. The van der Waals surface area contributed by atoms with E-state index in [1.165, 1.54) is 4.74 Å². The summed E-state index contributed by atoms with van der Waals surface area (Å²) in [5, 5.41) is 0. The summed E-state index contributed by atoms with van der Waals surface area (Å²) < 4.78 is 195. The number of hydrogen-bond donors (Lipinski definition) is 0. The highest BCUT2D eigenvalue weighted by molar-refractivity contribution is 14.1. The van der Waals surface area contributed by atoms with Gasteiger partial charge in [0.05, 0.1) is 0 Å². The van der Waals surface area contributed by atoms with E-state index in [4.69, 9.17) is 0 Å². The minimum atomic E-state index is -7.72. The molecule has 0 fully saturated rings. The van der Waals surface area contributed by atoms with Crippen molar-refractivity contribution >= 4 is 45.2 Å². The van der Waals surface area contributed by atoms with E-state index < -0.39 is 89.3 Å². The summed E-state index contributed by atoms with van der Waals surface area (Å²) in [7, 11) is 0. The van der Waals surface area contributed by atoms with E-state index in [0.29, 0.717) is 0 Å². The van der Waals surface area contributed by atoms with Gasteiger partial charge in [0.2, 0.25) is 0 Å². The predicted molar refractivity (Wildman–Crippen MR) is 69.8 cm³/mol. The van der Waals surface area contributed by atoms with Crippen molar-refractivity contribution in [3.63, 3.8) is 0 Å². The summed E-state index contributed by atoms with van der Waals surface area (Å²) in [4.78, 5) is 0. The molecular formula is C8F16I2O2. The molecule has 2 nitrogen and oxygen atoms in total. The quantitative estimate of drug-likeness (QED) is 0.161. The zero-order valence-electron chi connectivity index (χ0n) is 11.6. The Balaban J connectivity index is 6.38. The van der Waals surface area contributed by atoms with Crippen molar-refractivity contribution in [2.75, 3.05) is 0 Å². The molecule has 0 spiro atoms. The van der Waals surface area contributed by atoms with Crippen molar-refractivity contribution < 1.29 is 79.7 Å². The van der Waals surface area contributed by atoms with Crippen LogP contribution < -0.4 is 0 Å². The lowest BCUT2D eigenvalue weighted by Crippen LogP contribution is -2.66. The Labute approximate surface area is 169 Å². The van der Waals surface area contributed by atoms with Crippen molar-refractivity contribution in [1.82, 2.24) is 0 Å². The van der Waals surface area contributed by atoms with Crippen LogP contribution >= 0.6 is 45.2 Å². The van der Waals surface area contributed by atoms with Crippen LogP contribution in [0.5, 0.6) is 0 Å². The highest BCUT2D eigenvalue weighted by Crippen LogP contribution is 2.57. The average Bonchev–Trinajstić information content (AvgIpc) is 2.31. The second-order valence-electron chi connectivity index (χ2n) is 4.42. The van der Waals surface area contributed by atoms with E-state index in [1.54, 1.807) is 4.74 Å². The van der Waals surface area contributed by atoms with Crippen molar-refractivity contribution in [3.05, 3.63) is 0 Å². The van der Waals surface area contributed by atoms with Crippen LogP contribution in [0.3, 0.4) is 0 Å². The summed E-state index contributed by atoms with van der Waals surface area (Å²) in [5.74, 6) is -14.9. The molecule has 0 aromatic carbocycles. The molecule has 0 rings (SSSR count). The molecule has 1 unspecified atom stereocenters. The van der Waals surface area contributed by atoms with E-state index in [1.807, 2.05) is 0 Å². The molecule has 1 atom stereocenters. The number of halogens is 18. The summed E-state index contributed by atoms with van der Waals surface area (Å²) in [5.41, 5.74) is 0. The standard InChI is InChI=1S/C8F16I2O2/c9-1(10,4(15,16)25)6(19,20)27-2(11,3(12,13)14)7(21,22)28-8(23,24)5(17,18)26. The number of rotatable bonds is 8. The van der Waals surface area contributed by atoms with Crippen LogP contribution in [0.2, 0.25) is 0 Å². The van der Waals surface area contributed by atoms with Crippen LogP contribution in [0.1, 0.15) is 0 Å². The van der Waals surface area contributed by atoms with Gasteiger partial charge in [0.25, 0.3) is 0 Å². The first kappa shape index (κ1) is 28.3. The topological polar surface area (TPSA) is 18.5 Å². The van der Waals surface area contributed by atoms with Gasteiger partial charge in [0.1, 0.15) is 0 Å². The monoisotopic (exact) mass is 686 g/mol. The maximum Gasteiger partial charge on any atom is 0.458 e. The molecule has 0 saturated heterocycles. The summed E-state index contributed by atoms with van der Waals surface area (Å²) in [6.07, 6.45) is -29.4. The smallest absolute Gasteiger partial charge is 0.262 e. The lowest BCUT2D eigenvalue weighted by atomic mass is 10.2. The van der Waals surface area contributed by atoms with Crippen LogP contribution in [0.4, 0.5) is 70.2 Å². The summed E-state index contributed by atoms with van der Waals surface area (Å²) in [6, 6.07) is 0. The molecule has 0 N–H and O–H groups in total. The number of hydrogen-bond acceptors (Lipinski definition) is 2. The third-order valence-corrected chi connectivity index (χ3v) is 3.62. The average molecular weight is 686 g/mol. The van der Waals surface area contributed by atoms with Gasteiger partial charge in [-0.1, -0.05) is 0 Å². The Morgan fingerprint density at radius 3 is 1.04 bits per heavy atom. The molecule has 0 bridgehead atoms. The Kier molecular flexibility index (Phi) is 7.51.